The second kappa shape index (κ2) is 8.47. The second-order valence-corrected chi connectivity index (χ2v) is 8.26. The number of hydrogen-bond donors (Lipinski definition) is 1. The van der Waals surface area contributed by atoms with Crippen LogP contribution >= 0.6 is 11.3 Å². The third-order valence-corrected chi connectivity index (χ3v) is 5.97. The molecule has 1 aliphatic heterocycles. The van der Waals surface area contributed by atoms with E-state index in [1.165, 1.54) is 29.9 Å². The van der Waals surface area contributed by atoms with Gasteiger partial charge in [-0.25, -0.2) is 0 Å². The summed E-state index contributed by atoms with van der Waals surface area (Å²) in [5.74, 6) is 5.30. The maximum Gasteiger partial charge on any atom is 0.416 e. The predicted molar refractivity (Wildman–Crippen MR) is 113 cm³/mol. The van der Waals surface area contributed by atoms with Crippen molar-refractivity contribution in [3.8, 4) is 22.4 Å². The van der Waals surface area contributed by atoms with Gasteiger partial charge in [0.05, 0.1) is 15.3 Å². The number of alkyl halides is 3. The van der Waals surface area contributed by atoms with Crippen molar-refractivity contribution < 1.29 is 18.0 Å². The van der Waals surface area contributed by atoms with Crippen molar-refractivity contribution in [1.29, 1.82) is 0 Å². The molecule has 1 aliphatic rings. The molecular weight excluding hydrogens is 425 g/mol. The molecule has 1 saturated heterocycles. The van der Waals surface area contributed by atoms with Crippen LogP contribution < -0.4 is 10.7 Å². The van der Waals surface area contributed by atoms with Gasteiger partial charge in [-0.2, -0.15) is 18.0 Å². The third kappa shape index (κ3) is 4.75. The minimum Gasteiger partial charge on any atom is -0.364 e. The molecule has 3 aromatic rings. The fourth-order valence-corrected chi connectivity index (χ4v) is 4.22. The Hall–Kier alpha value is -3.25. The molecule has 3 heterocycles. The van der Waals surface area contributed by atoms with Crippen molar-refractivity contribution in [1.82, 2.24) is 9.89 Å². The largest absolute Gasteiger partial charge is 0.416 e. The van der Waals surface area contributed by atoms with Crippen molar-refractivity contribution in [2.45, 2.75) is 25.4 Å². The summed E-state index contributed by atoms with van der Waals surface area (Å²) in [7, 11) is 0. The number of primary amides is 1. The number of carbonyl (C=O) groups excluding carboxylic acids is 1. The van der Waals surface area contributed by atoms with Crippen molar-refractivity contribution in [2.75, 3.05) is 18.1 Å². The van der Waals surface area contributed by atoms with Crippen LogP contribution in [0, 0.1) is 11.8 Å². The number of carbonyl (C=O) groups is 1. The molecule has 1 aromatic carbocycles. The molecule has 0 saturated carbocycles. The highest BCUT2D eigenvalue weighted by Crippen LogP contribution is 2.30. The van der Waals surface area contributed by atoms with E-state index in [1.54, 1.807) is 10.9 Å². The van der Waals surface area contributed by atoms with Crippen molar-refractivity contribution >= 4 is 17.2 Å². The van der Waals surface area contributed by atoms with E-state index in [4.69, 9.17) is 5.73 Å². The summed E-state index contributed by atoms with van der Waals surface area (Å²) in [6.45, 7) is 1.69. The van der Waals surface area contributed by atoms with Gasteiger partial charge in [0.2, 0.25) is 0 Å². The molecule has 1 fully saturated rings. The fraction of sp³-hybridized carbons (Fsp3) is 0.273. The second-order valence-electron chi connectivity index (χ2n) is 7.17. The van der Waals surface area contributed by atoms with Crippen LogP contribution in [0.15, 0.2) is 42.5 Å². The predicted octanol–water partition coefficient (Wildman–Crippen LogP) is 4.25. The molecule has 0 aliphatic carbocycles. The van der Waals surface area contributed by atoms with Crippen LogP contribution in [-0.4, -0.2) is 28.9 Å². The monoisotopic (exact) mass is 444 g/mol. The minimum atomic E-state index is -4.37. The van der Waals surface area contributed by atoms with Gasteiger partial charge in [-0.15, -0.1) is 16.4 Å². The van der Waals surface area contributed by atoms with Gasteiger partial charge in [0, 0.05) is 24.7 Å². The van der Waals surface area contributed by atoms with E-state index in [0.717, 1.165) is 53.5 Å². The highest BCUT2D eigenvalue weighted by Gasteiger charge is 2.29. The first-order chi connectivity index (χ1) is 14.8. The van der Waals surface area contributed by atoms with Gasteiger partial charge in [0.1, 0.15) is 5.69 Å². The molecule has 0 spiro atoms. The van der Waals surface area contributed by atoms with Gasteiger partial charge in [-0.3, -0.25) is 9.80 Å². The Bertz CT molecular complexity index is 1150. The van der Waals surface area contributed by atoms with Gasteiger partial charge in [-0.1, -0.05) is 11.8 Å². The van der Waals surface area contributed by atoms with Crippen LogP contribution in [0.1, 0.15) is 45.8 Å². The zero-order valence-electron chi connectivity index (χ0n) is 16.4. The smallest absolute Gasteiger partial charge is 0.364 e. The van der Waals surface area contributed by atoms with Crippen LogP contribution in [-0.2, 0) is 6.18 Å². The number of benzene rings is 1. The van der Waals surface area contributed by atoms with E-state index in [-0.39, 0.29) is 5.69 Å². The van der Waals surface area contributed by atoms with E-state index in [2.05, 4.69) is 21.9 Å². The molecule has 0 atom stereocenters. The number of nitrogens with zero attached hydrogens (tertiary/aromatic N) is 3. The summed E-state index contributed by atoms with van der Waals surface area (Å²) in [6.07, 6.45) is -1.09. The Morgan fingerprint density at radius 3 is 2.39 bits per heavy atom. The maximum absolute atomic E-state index is 12.7. The number of hydrogen-bond acceptors (Lipinski definition) is 4. The Kier molecular flexibility index (Phi) is 5.74. The number of rotatable bonds is 3. The molecule has 1 amide bonds. The number of aromatic nitrogens is 2. The summed E-state index contributed by atoms with van der Waals surface area (Å²) in [6, 6.07) is 10.2. The maximum atomic E-state index is 12.7. The first-order valence-electron chi connectivity index (χ1n) is 9.76. The standard InChI is InChI=1S/C22H19F3N4OS/c23-22(24,25)16-7-4-15(5-8-16)6-9-17-10-11-20(31-17)19-14-18(21(26)30)27-29(19)28-12-2-1-3-13-28/h4-5,7-8,10-11,14H,1-3,12-13H2,(H2,26,30). The van der Waals surface area contributed by atoms with Gasteiger partial charge in [0.25, 0.3) is 5.91 Å². The van der Waals surface area contributed by atoms with E-state index >= 15 is 0 Å². The first kappa shape index (κ1) is 21.0. The van der Waals surface area contributed by atoms with Crippen molar-refractivity contribution in [3.63, 3.8) is 0 Å². The average Bonchev–Trinajstić information content (AvgIpc) is 3.40. The van der Waals surface area contributed by atoms with Crippen LogP contribution in [0.4, 0.5) is 13.2 Å². The van der Waals surface area contributed by atoms with Crippen LogP contribution in [0.25, 0.3) is 10.6 Å². The lowest BCUT2D eigenvalue weighted by molar-refractivity contribution is -0.137. The van der Waals surface area contributed by atoms with E-state index < -0.39 is 17.6 Å². The summed E-state index contributed by atoms with van der Waals surface area (Å²) in [4.78, 5) is 15.0. The quantitative estimate of drug-likeness (QED) is 0.615. The molecule has 9 heteroatoms. The summed E-state index contributed by atoms with van der Waals surface area (Å²) in [5, 5.41) is 6.48. The van der Waals surface area contributed by atoms with Crippen LogP contribution in [0.2, 0.25) is 0 Å². The molecule has 2 N–H and O–H groups in total. The van der Waals surface area contributed by atoms with Crippen molar-refractivity contribution in [3.05, 3.63) is 64.2 Å². The lowest BCUT2D eigenvalue weighted by Crippen LogP contribution is -2.40. The number of halogens is 3. The van der Waals surface area contributed by atoms with Gasteiger partial charge in [0.15, 0.2) is 5.69 Å². The van der Waals surface area contributed by atoms with E-state index in [1.807, 2.05) is 12.1 Å². The van der Waals surface area contributed by atoms with Crippen molar-refractivity contribution in [2.24, 2.45) is 5.73 Å². The molecular formula is C22H19F3N4OS. The van der Waals surface area contributed by atoms with Crippen LogP contribution in [0.3, 0.4) is 0 Å². The molecule has 5 nitrogen and oxygen atoms in total. The number of piperidine rings is 1. The molecule has 2 aromatic heterocycles. The SMILES string of the molecule is NC(=O)c1cc(-c2ccc(C#Cc3ccc(C(F)(F)F)cc3)s2)n(N2CCCCC2)n1. The molecule has 0 unspecified atom stereocenters. The summed E-state index contributed by atoms with van der Waals surface area (Å²) < 4.78 is 38.0. The van der Waals surface area contributed by atoms with Gasteiger partial charge >= 0.3 is 6.18 Å². The highest BCUT2D eigenvalue weighted by molar-refractivity contribution is 7.16. The molecule has 0 radical (unpaired) electrons. The average molecular weight is 444 g/mol. The summed E-state index contributed by atoms with van der Waals surface area (Å²) in [5.41, 5.74) is 6.20. The Morgan fingerprint density at radius 2 is 1.74 bits per heavy atom. The van der Waals surface area contributed by atoms with Crippen LogP contribution in [0.5, 0.6) is 0 Å². The van der Waals surface area contributed by atoms with E-state index in [0.29, 0.717) is 5.56 Å². The number of amides is 1. The number of thiophene rings is 1. The molecule has 0 bridgehead atoms. The Labute approximate surface area is 181 Å². The van der Waals surface area contributed by atoms with Gasteiger partial charge in [-0.05, 0) is 55.7 Å². The zero-order chi connectivity index (χ0) is 22.0. The summed E-state index contributed by atoms with van der Waals surface area (Å²) >= 11 is 1.42. The Morgan fingerprint density at radius 1 is 1.03 bits per heavy atom. The first-order valence-corrected chi connectivity index (χ1v) is 10.6. The topological polar surface area (TPSA) is 64.2 Å². The zero-order valence-corrected chi connectivity index (χ0v) is 17.3. The van der Waals surface area contributed by atoms with E-state index in [9.17, 15) is 18.0 Å². The van der Waals surface area contributed by atoms with Gasteiger partial charge < -0.3 is 5.73 Å². The number of nitrogens with two attached hydrogens (primary N) is 1. The normalized spacial score (nSPS) is 14.2. The minimum absolute atomic E-state index is 0.200. The third-order valence-electron chi connectivity index (χ3n) is 4.94. The lowest BCUT2D eigenvalue weighted by Gasteiger charge is -2.29. The molecule has 4 rings (SSSR count). The Balaban J connectivity index is 1.59. The fourth-order valence-electron chi connectivity index (χ4n) is 3.36. The molecule has 160 valence electrons. The highest BCUT2D eigenvalue weighted by atomic mass is 32.1. The lowest BCUT2D eigenvalue weighted by atomic mass is 10.1. The molecule has 31 heavy (non-hydrogen) atoms.